The van der Waals surface area contributed by atoms with E-state index in [1.807, 2.05) is 48.0 Å². The van der Waals surface area contributed by atoms with Gasteiger partial charge in [0.15, 0.2) is 5.58 Å². The van der Waals surface area contributed by atoms with Crippen molar-refractivity contribution in [2.75, 3.05) is 25.1 Å². The molecule has 0 aliphatic heterocycles. The molecule has 4 aromatic rings. The molecule has 4 rings (SSSR count). The molecule has 0 fully saturated rings. The molecule has 6 heteroatoms. The lowest BCUT2D eigenvalue weighted by Gasteiger charge is -2.18. The number of thiophene rings is 1. The van der Waals surface area contributed by atoms with Gasteiger partial charge in [0.25, 0.3) is 0 Å². The Morgan fingerprint density at radius 2 is 2.15 bits per heavy atom. The second kappa shape index (κ2) is 7.58. The first kappa shape index (κ1) is 16.6. The molecule has 0 spiro atoms. The molecule has 0 aliphatic carbocycles. The molecule has 0 saturated heterocycles. The van der Waals surface area contributed by atoms with Crippen molar-refractivity contribution in [1.29, 1.82) is 0 Å². The van der Waals surface area contributed by atoms with Crippen molar-refractivity contribution in [3.05, 3.63) is 60.2 Å². The maximum Gasteiger partial charge on any atom is 0.178 e. The zero-order valence-corrected chi connectivity index (χ0v) is 15.3. The molecule has 0 aliphatic rings. The topological polar surface area (TPSA) is 51.4 Å². The SMILES string of the molecule is CN(CCCOc1cccc(-c2noc3ccsc23)c1)c1cccnc1. The van der Waals surface area contributed by atoms with Crippen LogP contribution in [0.4, 0.5) is 5.69 Å². The third-order valence-corrected chi connectivity index (χ3v) is 5.08. The van der Waals surface area contributed by atoms with Crippen LogP contribution in [0.2, 0.25) is 0 Å². The molecule has 3 heterocycles. The minimum absolute atomic E-state index is 0.654. The minimum Gasteiger partial charge on any atom is -0.494 e. The minimum atomic E-state index is 0.654. The van der Waals surface area contributed by atoms with E-state index < -0.39 is 0 Å². The van der Waals surface area contributed by atoms with Gasteiger partial charge in [-0.1, -0.05) is 17.3 Å². The van der Waals surface area contributed by atoms with Gasteiger partial charge < -0.3 is 14.2 Å². The fourth-order valence-electron chi connectivity index (χ4n) is 2.80. The highest BCUT2D eigenvalue weighted by molar-refractivity contribution is 7.17. The maximum absolute atomic E-state index is 5.93. The van der Waals surface area contributed by atoms with Gasteiger partial charge in [0.1, 0.15) is 16.1 Å². The van der Waals surface area contributed by atoms with E-state index >= 15 is 0 Å². The fourth-order valence-corrected chi connectivity index (χ4v) is 3.61. The smallest absolute Gasteiger partial charge is 0.178 e. The lowest BCUT2D eigenvalue weighted by Crippen LogP contribution is -2.20. The highest BCUT2D eigenvalue weighted by Crippen LogP contribution is 2.33. The van der Waals surface area contributed by atoms with Crippen LogP contribution < -0.4 is 9.64 Å². The van der Waals surface area contributed by atoms with Gasteiger partial charge in [-0.25, -0.2) is 0 Å². The third-order valence-electron chi connectivity index (χ3n) is 4.18. The van der Waals surface area contributed by atoms with Crippen molar-refractivity contribution in [2.24, 2.45) is 0 Å². The highest BCUT2D eigenvalue weighted by atomic mass is 32.1. The first-order valence-electron chi connectivity index (χ1n) is 8.48. The zero-order chi connectivity index (χ0) is 17.8. The number of benzene rings is 1. The lowest BCUT2D eigenvalue weighted by atomic mass is 10.1. The van der Waals surface area contributed by atoms with Crippen LogP contribution in [0.1, 0.15) is 6.42 Å². The molecule has 0 N–H and O–H groups in total. The van der Waals surface area contributed by atoms with Gasteiger partial charge in [-0.15, -0.1) is 11.3 Å². The Kier molecular flexibility index (Phi) is 4.84. The highest BCUT2D eigenvalue weighted by Gasteiger charge is 2.12. The number of ether oxygens (including phenoxy) is 1. The molecule has 0 bridgehead atoms. The molecule has 1 aromatic carbocycles. The number of nitrogens with zero attached hydrogens (tertiary/aromatic N) is 3. The predicted molar refractivity (Wildman–Crippen MR) is 105 cm³/mol. The zero-order valence-electron chi connectivity index (χ0n) is 14.5. The summed E-state index contributed by atoms with van der Waals surface area (Å²) in [5.41, 5.74) is 3.82. The fraction of sp³-hybridized carbons (Fsp3) is 0.200. The Hall–Kier alpha value is -2.86. The molecule has 0 atom stereocenters. The van der Waals surface area contributed by atoms with Crippen molar-refractivity contribution < 1.29 is 9.26 Å². The summed E-state index contributed by atoms with van der Waals surface area (Å²) in [7, 11) is 2.06. The summed E-state index contributed by atoms with van der Waals surface area (Å²) < 4.78 is 12.4. The molecule has 26 heavy (non-hydrogen) atoms. The van der Waals surface area contributed by atoms with E-state index in [4.69, 9.17) is 9.26 Å². The lowest BCUT2D eigenvalue weighted by molar-refractivity contribution is 0.312. The van der Waals surface area contributed by atoms with Crippen molar-refractivity contribution in [3.63, 3.8) is 0 Å². The molecule has 0 saturated carbocycles. The normalized spacial score (nSPS) is 11.0. The molecule has 3 aromatic heterocycles. The van der Waals surface area contributed by atoms with Crippen LogP contribution >= 0.6 is 11.3 Å². The van der Waals surface area contributed by atoms with Crippen LogP contribution in [0.15, 0.2) is 64.8 Å². The number of hydrogen-bond acceptors (Lipinski definition) is 6. The van der Waals surface area contributed by atoms with Gasteiger partial charge >= 0.3 is 0 Å². The van der Waals surface area contributed by atoms with Gasteiger partial charge in [-0.2, -0.15) is 0 Å². The molecule has 0 amide bonds. The van der Waals surface area contributed by atoms with Crippen LogP contribution in [0.5, 0.6) is 5.75 Å². The number of rotatable bonds is 7. The van der Waals surface area contributed by atoms with Gasteiger partial charge in [0.2, 0.25) is 0 Å². The van der Waals surface area contributed by atoms with E-state index in [2.05, 4.69) is 28.2 Å². The predicted octanol–water partition coefficient (Wildman–Crippen LogP) is 4.86. The average Bonchev–Trinajstić information content (AvgIpc) is 3.30. The second-order valence-corrected chi connectivity index (χ2v) is 6.92. The van der Waals surface area contributed by atoms with E-state index in [0.717, 1.165) is 45.9 Å². The van der Waals surface area contributed by atoms with E-state index in [0.29, 0.717) is 6.61 Å². The summed E-state index contributed by atoms with van der Waals surface area (Å²) in [4.78, 5) is 6.32. The van der Waals surface area contributed by atoms with Crippen LogP contribution in [0, 0.1) is 0 Å². The van der Waals surface area contributed by atoms with Gasteiger partial charge in [-0.3, -0.25) is 4.98 Å². The molecular formula is C20H19N3O2S. The number of pyridine rings is 1. The maximum atomic E-state index is 5.93. The van der Waals surface area contributed by atoms with Gasteiger partial charge in [-0.05, 0) is 42.1 Å². The number of fused-ring (bicyclic) bond motifs is 1. The van der Waals surface area contributed by atoms with E-state index in [1.54, 1.807) is 17.5 Å². The van der Waals surface area contributed by atoms with Crippen molar-refractivity contribution in [1.82, 2.24) is 10.1 Å². The molecule has 5 nitrogen and oxygen atoms in total. The van der Waals surface area contributed by atoms with Crippen LogP contribution in [-0.4, -0.2) is 30.3 Å². The summed E-state index contributed by atoms with van der Waals surface area (Å²) in [5.74, 6) is 0.847. The monoisotopic (exact) mass is 365 g/mol. The summed E-state index contributed by atoms with van der Waals surface area (Å²) in [6.07, 6.45) is 4.58. The third kappa shape index (κ3) is 3.55. The largest absolute Gasteiger partial charge is 0.494 e. The van der Waals surface area contributed by atoms with E-state index in [1.165, 1.54) is 0 Å². The van der Waals surface area contributed by atoms with Crippen LogP contribution in [-0.2, 0) is 0 Å². The number of aromatic nitrogens is 2. The Labute approximate surface area is 155 Å². The quantitative estimate of drug-likeness (QED) is 0.438. The van der Waals surface area contributed by atoms with E-state index in [9.17, 15) is 0 Å². The first-order valence-corrected chi connectivity index (χ1v) is 9.36. The van der Waals surface area contributed by atoms with Gasteiger partial charge in [0.05, 0.1) is 18.5 Å². The Bertz CT molecular complexity index is 981. The van der Waals surface area contributed by atoms with E-state index in [-0.39, 0.29) is 0 Å². The summed E-state index contributed by atoms with van der Waals surface area (Å²) in [6.45, 7) is 1.56. The summed E-state index contributed by atoms with van der Waals surface area (Å²) in [6, 6.07) is 13.9. The molecular weight excluding hydrogens is 346 g/mol. The first-order chi connectivity index (χ1) is 12.8. The molecule has 132 valence electrons. The summed E-state index contributed by atoms with van der Waals surface area (Å²) >= 11 is 1.64. The van der Waals surface area contributed by atoms with Crippen LogP contribution in [0.3, 0.4) is 0 Å². The van der Waals surface area contributed by atoms with Crippen molar-refractivity contribution in [2.45, 2.75) is 6.42 Å². The van der Waals surface area contributed by atoms with Crippen molar-refractivity contribution >= 4 is 27.3 Å². The average molecular weight is 365 g/mol. The summed E-state index contributed by atoms with van der Waals surface area (Å²) in [5, 5.41) is 6.20. The van der Waals surface area contributed by atoms with Crippen LogP contribution in [0.25, 0.3) is 21.5 Å². The number of hydrogen-bond donors (Lipinski definition) is 0. The number of anilines is 1. The Balaban J connectivity index is 1.35. The second-order valence-electron chi connectivity index (χ2n) is 6.01. The van der Waals surface area contributed by atoms with Crippen molar-refractivity contribution in [3.8, 4) is 17.0 Å². The standard InChI is InChI=1S/C20H19N3O2S/c1-23(16-6-3-9-21-14-16)10-4-11-24-17-7-2-5-15(13-17)19-20-18(25-22-19)8-12-26-20/h2-3,5-9,12-14H,4,10-11H2,1H3. The Morgan fingerprint density at radius 1 is 1.19 bits per heavy atom. The Morgan fingerprint density at radius 3 is 3.04 bits per heavy atom. The molecule has 0 unspecified atom stereocenters. The van der Waals surface area contributed by atoms with Gasteiger partial charge in [0, 0.05) is 25.4 Å². The molecule has 0 radical (unpaired) electrons.